The summed E-state index contributed by atoms with van der Waals surface area (Å²) < 4.78 is 39.8. The van der Waals surface area contributed by atoms with E-state index in [1.165, 1.54) is 20.3 Å². The van der Waals surface area contributed by atoms with Crippen LogP contribution in [-0.4, -0.2) is 31.4 Å². The maximum atomic E-state index is 14.8. The Labute approximate surface area is 161 Å². The number of carbonyl (C=O) groups is 1. The maximum Gasteiger partial charge on any atom is 0.357 e. The van der Waals surface area contributed by atoms with E-state index in [1.807, 2.05) is 0 Å². The highest BCUT2D eigenvalue weighted by Crippen LogP contribution is 2.38. The molecule has 0 bridgehead atoms. The topological polar surface area (TPSA) is 74.4 Å². The number of aromatic nitrogens is 1. The minimum atomic E-state index is -0.903. The second-order valence-electron chi connectivity index (χ2n) is 4.81. The van der Waals surface area contributed by atoms with E-state index in [4.69, 9.17) is 10.5 Å². The highest BCUT2D eigenvalue weighted by molar-refractivity contribution is 14.1. The summed E-state index contributed by atoms with van der Waals surface area (Å²) in [5, 5.41) is 0. The smallest absolute Gasteiger partial charge is 0.357 e. The zero-order valence-corrected chi connectivity index (χ0v) is 16.6. The van der Waals surface area contributed by atoms with Gasteiger partial charge in [0.1, 0.15) is 5.69 Å². The van der Waals surface area contributed by atoms with Crippen LogP contribution in [0.4, 0.5) is 14.5 Å². The van der Waals surface area contributed by atoms with Crippen molar-refractivity contribution < 1.29 is 23.0 Å². The number of rotatable bonds is 5. The summed E-state index contributed by atoms with van der Waals surface area (Å²) in [5.74, 6) is -2.45. The van der Waals surface area contributed by atoms with Gasteiger partial charge in [0.2, 0.25) is 0 Å². The molecule has 0 aliphatic rings. The Morgan fingerprint density at radius 1 is 1.32 bits per heavy atom. The first-order valence-corrected chi connectivity index (χ1v) is 9.69. The first-order chi connectivity index (χ1) is 11.9. The van der Waals surface area contributed by atoms with Crippen molar-refractivity contribution in [2.24, 2.45) is 0 Å². The molecule has 2 rings (SSSR count). The number of nitrogen functional groups attached to an aromatic ring is 1. The van der Waals surface area contributed by atoms with Crippen LogP contribution in [0.15, 0.2) is 17.0 Å². The molecule has 0 atom stereocenters. The molecule has 0 aliphatic carbocycles. The second-order valence-corrected chi connectivity index (χ2v) is 6.39. The first kappa shape index (κ1) is 19.7. The van der Waals surface area contributed by atoms with E-state index in [-0.39, 0.29) is 33.3 Å². The fourth-order valence-corrected chi connectivity index (χ4v) is 3.52. The molecule has 0 spiro atoms. The molecule has 0 aliphatic heterocycles. The highest BCUT2D eigenvalue weighted by atomic mass is 127. The molecule has 0 saturated carbocycles. The Balaban J connectivity index is 2.80. The number of alkyl halides is 1. The number of ether oxygens (including phenoxy) is 2. The number of carbonyl (C=O) groups excluding carboxylic acids is 1. The van der Waals surface area contributed by atoms with Crippen LogP contribution in [0.5, 0.6) is 5.75 Å². The number of thioether (sulfide) groups is 1. The molecule has 0 amide bonds. The molecule has 1 aromatic heterocycles. The van der Waals surface area contributed by atoms with Crippen LogP contribution in [0, 0.1) is 11.6 Å². The number of nitrogens with zero attached hydrogens (tertiary/aromatic N) is 1. The molecule has 2 aromatic rings. The normalized spacial score (nSPS) is 10.6. The van der Waals surface area contributed by atoms with Crippen molar-refractivity contribution in [1.82, 2.24) is 4.98 Å². The van der Waals surface area contributed by atoms with E-state index in [0.717, 1.165) is 11.8 Å². The predicted octanol–water partition coefficient (Wildman–Crippen LogP) is 4.06. The third-order valence-electron chi connectivity index (χ3n) is 3.49. The number of hydrogen-bond donors (Lipinski definition) is 1. The number of pyridine rings is 1. The number of halogens is 3. The summed E-state index contributed by atoms with van der Waals surface area (Å²) in [5.41, 5.74) is 5.46. The summed E-state index contributed by atoms with van der Waals surface area (Å²) in [7, 11) is 2.50. The van der Waals surface area contributed by atoms with Crippen molar-refractivity contribution in [3.05, 3.63) is 35.0 Å². The van der Waals surface area contributed by atoms with E-state index < -0.39 is 17.6 Å². The number of methoxy groups -OCH3 is 2. The molecule has 1 aromatic carbocycles. The fourth-order valence-electron chi connectivity index (χ4n) is 2.29. The van der Waals surface area contributed by atoms with Crippen LogP contribution in [0.1, 0.15) is 16.1 Å². The SMILES string of the molecule is COC(=O)c1nc(-c2ccc(CI)c(OC)c2F)c(F)c(N)c1SC. The Bertz CT molecular complexity index is 834. The minimum Gasteiger partial charge on any atom is -0.493 e. The van der Waals surface area contributed by atoms with Crippen molar-refractivity contribution in [2.45, 2.75) is 9.32 Å². The zero-order chi connectivity index (χ0) is 18.7. The number of hydrogen-bond acceptors (Lipinski definition) is 6. The number of esters is 1. The molecule has 0 saturated heterocycles. The van der Waals surface area contributed by atoms with Crippen LogP contribution < -0.4 is 10.5 Å². The van der Waals surface area contributed by atoms with Gasteiger partial charge in [-0.05, 0) is 12.3 Å². The Morgan fingerprint density at radius 2 is 2.00 bits per heavy atom. The van der Waals surface area contributed by atoms with Gasteiger partial charge in [-0.3, -0.25) is 0 Å². The average molecular weight is 480 g/mol. The van der Waals surface area contributed by atoms with Gasteiger partial charge in [-0.25, -0.2) is 18.6 Å². The van der Waals surface area contributed by atoms with Gasteiger partial charge in [-0.15, -0.1) is 11.8 Å². The Hall–Kier alpha value is -1.62. The number of nitrogens with two attached hydrogens (primary N) is 1. The molecule has 9 heteroatoms. The van der Waals surface area contributed by atoms with Crippen LogP contribution in [0.3, 0.4) is 0 Å². The summed E-state index contributed by atoms with van der Waals surface area (Å²) >= 11 is 3.12. The third kappa shape index (κ3) is 3.52. The standard InChI is InChI=1S/C16H15F2IN2O3S/c1-23-14-7(6-19)4-5-8(9(14)17)12-10(18)11(20)15(25-3)13(21-12)16(22)24-2/h4-5H,6H2,1-3H3,(H2,20,21). The molecule has 25 heavy (non-hydrogen) atoms. The molecule has 1 heterocycles. The van der Waals surface area contributed by atoms with Crippen molar-refractivity contribution in [3.63, 3.8) is 0 Å². The van der Waals surface area contributed by atoms with E-state index in [2.05, 4.69) is 32.3 Å². The molecule has 0 fully saturated rings. The number of anilines is 1. The van der Waals surface area contributed by atoms with E-state index >= 15 is 0 Å². The first-order valence-electron chi connectivity index (χ1n) is 6.94. The van der Waals surface area contributed by atoms with Crippen LogP contribution in [0.25, 0.3) is 11.3 Å². The maximum absolute atomic E-state index is 14.8. The van der Waals surface area contributed by atoms with Gasteiger partial charge in [0.15, 0.2) is 23.1 Å². The average Bonchev–Trinajstić information content (AvgIpc) is 2.63. The quantitative estimate of drug-likeness (QED) is 0.301. The van der Waals surface area contributed by atoms with Crippen molar-refractivity contribution in [2.75, 3.05) is 26.2 Å². The summed E-state index contributed by atoms with van der Waals surface area (Å²) in [6.45, 7) is 0. The van der Waals surface area contributed by atoms with Gasteiger partial charge in [-0.1, -0.05) is 28.7 Å². The van der Waals surface area contributed by atoms with Gasteiger partial charge < -0.3 is 15.2 Å². The monoisotopic (exact) mass is 480 g/mol. The summed E-state index contributed by atoms with van der Waals surface area (Å²) in [4.78, 5) is 16.1. The van der Waals surface area contributed by atoms with Crippen molar-refractivity contribution >= 4 is 46.0 Å². The largest absolute Gasteiger partial charge is 0.493 e. The Morgan fingerprint density at radius 3 is 2.52 bits per heavy atom. The predicted molar refractivity (Wildman–Crippen MR) is 101 cm³/mol. The molecule has 0 unspecified atom stereocenters. The van der Waals surface area contributed by atoms with Crippen LogP contribution >= 0.6 is 34.4 Å². The van der Waals surface area contributed by atoms with E-state index in [9.17, 15) is 13.6 Å². The van der Waals surface area contributed by atoms with E-state index in [0.29, 0.717) is 9.99 Å². The van der Waals surface area contributed by atoms with Gasteiger partial charge in [0.05, 0.1) is 24.8 Å². The van der Waals surface area contributed by atoms with Gasteiger partial charge in [0.25, 0.3) is 0 Å². The molecule has 2 N–H and O–H groups in total. The lowest BCUT2D eigenvalue weighted by molar-refractivity contribution is 0.0590. The second kappa shape index (κ2) is 8.17. The molecular weight excluding hydrogens is 465 g/mol. The van der Waals surface area contributed by atoms with Crippen molar-refractivity contribution in [1.29, 1.82) is 0 Å². The Kier molecular flexibility index (Phi) is 6.44. The third-order valence-corrected chi connectivity index (χ3v) is 5.14. The van der Waals surface area contributed by atoms with Crippen LogP contribution in [-0.2, 0) is 9.16 Å². The lowest BCUT2D eigenvalue weighted by Gasteiger charge is -2.15. The number of benzene rings is 1. The van der Waals surface area contributed by atoms with Gasteiger partial charge >= 0.3 is 5.97 Å². The molecular formula is C16H15F2IN2O3S. The molecule has 5 nitrogen and oxygen atoms in total. The fraction of sp³-hybridized carbons (Fsp3) is 0.250. The van der Waals surface area contributed by atoms with Gasteiger partial charge in [-0.2, -0.15) is 0 Å². The van der Waals surface area contributed by atoms with Crippen LogP contribution in [0.2, 0.25) is 0 Å². The molecule has 0 radical (unpaired) electrons. The van der Waals surface area contributed by atoms with Crippen molar-refractivity contribution in [3.8, 4) is 17.0 Å². The minimum absolute atomic E-state index is 0.000215. The van der Waals surface area contributed by atoms with Gasteiger partial charge in [0, 0.05) is 15.6 Å². The zero-order valence-electron chi connectivity index (χ0n) is 13.7. The summed E-state index contributed by atoms with van der Waals surface area (Å²) in [6, 6.07) is 3.00. The lowest BCUT2D eigenvalue weighted by atomic mass is 10.1. The lowest BCUT2D eigenvalue weighted by Crippen LogP contribution is -2.12. The molecule has 134 valence electrons. The van der Waals surface area contributed by atoms with E-state index in [1.54, 1.807) is 12.3 Å². The highest BCUT2D eigenvalue weighted by Gasteiger charge is 2.26. The summed E-state index contributed by atoms with van der Waals surface area (Å²) in [6.07, 6.45) is 1.62.